The van der Waals surface area contributed by atoms with Gasteiger partial charge >= 0.3 is 0 Å². The van der Waals surface area contributed by atoms with Crippen LogP contribution in [0, 0.1) is 5.92 Å². The first-order valence-corrected chi connectivity index (χ1v) is 7.18. The molecule has 1 aliphatic heterocycles. The molecule has 0 aromatic carbocycles. The second-order valence-electron chi connectivity index (χ2n) is 6.00. The molecule has 0 amide bonds. The van der Waals surface area contributed by atoms with Crippen molar-refractivity contribution >= 4 is 0 Å². The Labute approximate surface area is 111 Å². The fraction of sp³-hybridized carbons (Fsp3) is 1.00. The summed E-state index contributed by atoms with van der Waals surface area (Å²) < 4.78 is 11.1. The molecule has 0 aromatic rings. The van der Waals surface area contributed by atoms with Crippen molar-refractivity contribution in [1.82, 2.24) is 10.2 Å². The summed E-state index contributed by atoms with van der Waals surface area (Å²) in [6, 6.07) is 1.37. The summed E-state index contributed by atoms with van der Waals surface area (Å²) in [5.74, 6) is 0.657. The lowest BCUT2D eigenvalue weighted by Crippen LogP contribution is -2.45. The summed E-state index contributed by atoms with van der Waals surface area (Å²) >= 11 is 0. The Balaban J connectivity index is 1.89. The number of methoxy groups -OCH3 is 2. The number of nitrogens with zero attached hydrogens (tertiary/aromatic N) is 1. The SMILES string of the molecule is COC1CN(C(CNC2CC2)C(C)C)CC1OC. The monoisotopic (exact) mass is 256 g/mol. The maximum Gasteiger partial charge on any atom is 0.0971 e. The predicted octanol–water partition coefficient (Wildman–Crippen LogP) is 1.11. The lowest BCUT2D eigenvalue weighted by molar-refractivity contribution is -0.00461. The Hall–Kier alpha value is -0.160. The summed E-state index contributed by atoms with van der Waals surface area (Å²) in [5, 5.41) is 3.66. The van der Waals surface area contributed by atoms with Crippen molar-refractivity contribution in [2.24, 2.45) is 5.92 Å². The van der Waals surface area contributed by atoms with Gasteiger partial charge in [0.15, 0.2) is 0 Å². The van der Waals surface area contributed by atoms with Crippen molar-refractivity contribution in [1.29, 1.82) is 0 Å². The molecule has 1 aliphatic carbocycles. The van der Waals surface area contributed by atoms with E-state index in [4.69, 9.17) is 9.47 Å². The second kappa shape index (κ2) is 6.33. The molecule has 4 heteroatoms. The molecule has 1 saturated heterocycles. The molecule has 1 heterocycles. The first-order chi connectivity index (χ1) is 8.65. The van der Waals surface area contributed by atoms with Crippen molar-refractivity contribution in [3.63, 3.8) is 0 Å². The molecule has 0 radical (unpaired) electrons. The van der Waals surface area contributed by atoms with E-state index in [-0.39, 0.29) is 12.2 Å². The highest BCUT2D eigenvalue weighted by atomic mass is 16.5. The number of nitrogens with one attached hydrogen (secondary N) is 1. The molecule has 1 saturated carbocycles. The Morgan fingerprint density at radius 3 is 2.06 bits per heavy atom. The lowest BCUT2D eigenvalue weighted by Gasteiger charge is -2.31. The first kappa shape index (κ1) is 14.3. The average molecular weight is 256 g/mol. The molecular formula is C14H28N2O2. The smallest absolute Gasteiger partial charge is 0.0971 e. The molecule has 106 valence electrons. The van der Waals surface area contributed by atoms with Crippen LogP contribution in [0.2, 0.25) is 0 Å². The van der Waals surface area contributed by atoms with E-state index >= 15 is 0 Å². The second-order valence-corrected chi connectivity index (χ2v) is 6.00. The van der Waals surface area contributed by atoms with Gasteiger partial charge in [-0.25, -0.2) is 0 Å². The zero-order chi connectivity index (χ0) is 13.1. The van der Waals surface area contributed by atoms with Crippen molar-refractivity contribution in [2.75, 3.05) is 33.9 Å². The van der Waals surface area contributed by atoms with Crippen molar-refractivity contribution < 1.29 is 9.47 Å². The zero-order valence-corrected chi connectivity index (χ0v) is 12.2. The third kappa shape index (κ3) is 3.44. The van der Waals surface area contributed by atoms with Crippen molar-refractivity contribution in [3.8, 4) is 0 Å². The summed E-state index contributed by atoms with van der Waals surface area (Å²) in [7, 11) is 3.57. The number of hydrogen-bond acceptors (Lipinski definition) is 4. The highest BCUT2D eigenvalue weighted by molar-refractivity contribution is 4.92. The van der Waals surface area contributed by atoms with Crippen LogP contribution in [0.1, 0.15) is 26.7 Å². The third-order valence-electron chi connectivity index (χ3n) is 4.28. The van der Waals surface area contributed by atoms with E-state index in [1.54, 1.807) is 14.2 Å². The van der Waals surface area contributed by atoms with E-state index in [2.05, 4.69) is 24.1 Å². The van der Waals surface area contributed by atoms with E-state index < -0.39 is 0 Å². The number of ether oxygens (including phenoxy) is 2. The standard InChI is InChI=1S/C14H28N2O2/c1-10(2)12(7-15-11-5-6-11)16-8-13(17-3)14(9-16)18-4/h10-15H,5-9H2,1-4H3. The molecule has 2 aliphatic rings. The van der Waals surface area contributed by atoms with E-state index in [1.165, 1.54) is 12.8 Å². The van der Waals surface area contributed by atoms with Gasteiger partial charge < -0.3 is 14.8 Å². The van der Waals surface area contributed by atoms with Gasteiger partial charge in [0.1, 0.15) is 0 Å². The van der Waals surface area contributed by atoms with Crippen LogP contribution in [0.15, 0.2) is 0 Å². The molecular weight excluding hydrogens is 228 g/mol. The van der Waals surface area contributed by atoms with E-state index in [0.717, 1.165) is 25.7 Å². The first-order valence-electron chi connectivity index (χ1n) is 7.18. The van der Waals surface area contributed by atoms with E-state index in [9.17, 15) is 0 Å². The molecule has 2 fully saturated rings. The summed E-state index contributed by atoms with van der Waals surface area (Å²) in [4.78, 5) is 2.53. The predicted molar refractivity (Wildman–Crippen MR) is 72.8 cm³/mol. The highest BCUT2D eigenvalue weighted by Gasteiger charge is 2.37. The number of rotatable bonds is 7. The minimum absolute atomic E-state index is 0.220. The van der Waals surface area contributed by atoms with Crippen LogP contribution in [-0.2, 0) is 9.47 Å². The molecule has 0 bridgehead atoms. The Morgan fingerprint density at radius 1 is 1.11 bits per heavy atom. The zero-order valence-electron chi connectivity index (χ0n) is 12.2. The fourth-order valence-electron chi connectivity index (χ4n) is 2.86. The van der Waals surface area contributed by atoms with Gasteiger partial charge in [0.25, 0.3) is 0 Å². The van der Waals surface area contributed by atoms with Gasteiger partial charge in [0.2, 0.25) is 0 Å². The third-order valence-corrected chi connectivity index (χ3v) is 4.28. The molecule has 2 rings (SSSR count). The topological polar surface area (TPSA) is 33.7 Å². The quantitative estimate of drug-likeness (QED) is 0.740. The van der Waals surface area contributed by atoms with Crippen LogP contribution in [0.4, 0.5) is 0 Å². The molecule has 0 aromatic heterocycles. The summed E-state index contributed by atoms with van der Waals surface area (Å²) in [6.45, 7) is 7.69. The van der Waals surface area contributed by atoms with Gasteiger partial charge in [0.05, 0.1) is 12.2 Å². The summed E-state index contributed by atoms with van der Waals surface area (Å²) in [6.07, 6.45) is 3.15. The normalized spacial score (nSPS) is 31.2. The Kier molecular flexibility index (Phi) is 5.01. The minimum Gasteiger partial charge on any atom is -0.377 e. The van der Waals surface area contributed by atoms with Crippen LogP contribution in [0.3, 0.4) is 0 Å². The van der Waals surface area contributed by atoms with E-state index in [0.29, 0.717) is 12.0 Å². The largest absolute Gasteiger partial charge is 0.377 e. The van der Waals surface area contributed by atoms with Crippen LogP contribution in [-0.4, -0.2) is 63.0 Å². The molecule has 0 spiro atoms. The summed E-state index contributed by atoms with van der Waals surface area (Å²) in [5.41, 5.74) is 0. The maximum atomic E-state index is 5.53. The van der Waals surface area contributed by atoms with Gasteiger partial charge in [-0.3, -0.25) is 4.90 Å². The van der Waals surface area contributed by atoms with Crippen molar-refractivity contribution in [3.05, 3.63) is 0 Å². The van der Waals surface area contributed by atoms with Gasteiger partial charge in [-0.2, -0.15) is 0 Å². The van der Waals surface area contributed by atoms with Crippen molar-refractivity contribution in [2.45, 2.75) is 51.0 Å². The molecule has 1 N–H and O–H groups in total. The fourth-order valence-corrected chi connectivity index (χ4v) is 2.86. The molecule has 18 heavy (non-hydrogen) atoms. The Morgan fingerprint density at radius 2 is 1.67 bits per heavy atom. The Bertz CT molecular complexity index is 244. The lowest BCUT2D eigenvalue weighted by atomic mass is 10.0. The van der Waals surface area contributed by atoms with Crippen LogP contribution < -0.4 is 5.32 Å². The highest BCUT2D eigenvalue weighted by Crippen LogP contribution is 2.23. The average Bonchev–Trinajstić information content (AvgIpc) is 3.07. The van der Waals surface area contributed by atoms with Crippen LogP contribution >= 0.6 is 0 Å². The van der Waals surface area contributed by atoms with Gasteiger partial charge in [0, 0.05) is 45.9 Å². The number of likely N-dealkylation sites (tertiary alicyclic amines) is 1. The van der Waals surface area contributed by atoms with Gasteiger partial charge in [-0.05, 0) is 18.8 Å². The number of hydrogen-bond donors (Lipinski definition) is 1. The van der Waals surface area contributed by atoms with Gasteiger partial charge in [-0.1, -0.05) is 13.8 Å². The van der Waals surface area contributed by atoms with Crippen LogP contribution in [0.5, 0.6) is 0 Å². The van der Waals surface area contributed by atoms with E-state index in [1.807, 2.05) is 0 Å². The molecule has 4 nitrogen and oxygen atoms in total. The minimum atomic E-state index is 0.220. The maximum absolute atomic E-state index is 5.53. The van der Waals surface area contributed by atoms with Gasteiger partial charge in [-0.15, -0.1) is 0 Å². The molecule has 3 atom stereocenters. The molecule has 3 unspecified atom stereocenters. The van der Waals surface area contributed by atoms with Crippen LogP contribution in [0.25, 0.3) is 0 Å².